The molecule has 0 saturated heterocycles. The van der Waals surface area contributed by atoms with Gasteiger partial charge >= 0.3 is 0 Å². The molecule has 1 aromatic carbocycles. The van der Waals surface area contributed by atoms with Crippen molar-refractivity contribution < 1.29 is 4.74 Å². The monoisotopic (exact) mass is 420 g/mol. The molecule has 4 aromatic rings. The molecule has 30 heavy (non-hydrogen) atoms. The summed E-state index contributed by atoms with van der Waals surface area (Å²) in [6.07, 6.45) is 4.15. The summed E-state index contributed by atoms with van der Waals surface area (Å²) in [5.41, 5.74) is 6.00. The molecule has 0 bridgehead atoms. The first-order valence-corrected chi connectivity index (χ1v) is 10.7. The lowest BCUT2D eigenvalue weighted by molar-refractivity contribution is 0.0400. The van der Waals surface area contributed by atoms with E-state index in [0.717, 1.165) is 29.2 Å². The molecule has 0 radical (unpaired) electrons. The maximum Gasteiger partial charge on any atom is 0.126 e. The minimum atomic E-state index is -0.144. The van der Waals surface area contributed by atoms with Crippen molar-refractivity contribution in [3.63, 3.8) is 0 Å². The van der Waals surface area contributed by atoms with Crippen LogP contribution in [0, 0.1) is 0 Å². The summed E-state index contributed by atoms with van der Waals surface area (Å²) in [4.78, 5) is 8.39. The van der Waals surface area contributed by atoms with Crippen molar-refractivity contribution in [3.8, 4) is 11.3 Å². The van der Waals surface area contributed by atoms with Crippen molar-refractivity contribution in [1.29, 1.82) is 0 Å². The summed E-state index contributed by atoms with van der Waals surface area (Å²) < 4.78 is 7.93. The van der Waals surface area contributed by atoms with Gasteiger partial charge in [0, 0.05) is 49.4 Å². The topological polar surface area (TPSA) is 76.9 Å². The quantitative estimate of drug-likeness (QED) is 0.381. The Bertz CT molecular complexity index is 1020. The molecule has 3 heterocycles. The number of hydrogen-bond acceptors (Lipinski definition) is 7. The third kappa shape index (κ3) is 5.50. The number of rotatable bonds is 10. The van der Waals surface area contributed by atoms with Gasteiger partial charge in [0.2, 0.25) is 0 Å². The van der Waals surface area contributed by atoms with E-state index in [1.165, 1.54) is 5.56 Å². The lowest BCUT2D eigenvalue weighted by Crippen LogP contribution is -2.35. The summed E-state index contributed by atoms with van der Waals surface area (Å²) in [6.45, 7) is 1.02. The fourth-order valence-corrected chi connectivity index (χ4v) is 3.63. The van der Waals surface area contributed by atoms with Crippen LogP contribution in [0.1, 0.15) is 11.3 Å². The zero-order valence-electron chi connectivity index (χ0n) is 16.7. The highest BCUT2D eigenvalue weighted by Crippen LogP contribution is 2.20. The Morgan fingerprint density at radius 1 is 1.13 bits per heavy atom. The van der Waals surface area contributed by atoms with Gasteiger partial charge in [0.1, 0.15) is 18.8 Å². The van der Waals surface area contributed by atoms with Gasteiger partial charge in [-0.3, -0.25) is 15.0 Å². The number of nitrogens with zero attached hydrogens (tertiary/aromatic N) is 4. The Kier molecular flexibility index (Phi) is 6.81. The fourth-order valence-electron chi connectivity index (χ4n) is 3.07. The van der Waals surface area contributed by atoms with Crippen molar-refractivity contribution in [2.24, 2.45) is 7.05 Å². The van der Waals surface area contributed by atoms with Crippen molar-refractivity contribution in [3.05, 3.63) is 83.1 Å². The Morgan fingerprint density at radius 2 is 1.97 bits per heavy atom. The zero-order valence-corrected chi connectivity index (χ0v) is 17.5. The molecule has 0 saturated carbocycles. The van der Waals surface area contributed by atoms with E-state index in [9.17, 15) is 0 Å². The molecule has 2 N–H and O–H groups in total. The molecule has 8 heteroatoms. The van der Waals surface area contributed by atoms with Crippen LogP contribution in [0.5, 0.6) is 0 Å². The van der Waals surface area contributed by atoms with Crippen LogP contribution in [0.25, 0.3) is 11.3 Å². The minimum Gasteiger partial charge on any atom is -0.348 e. The number of hydrogen-bond donors (Lipinski definition) is 2. The van der Waals surface area contributed by atoms with Crippen LogP contribution in [0.2, 0.25) is 0 Å². The van der Waals surface area contributed by atoms with Gasteiger partial charge in [0.05, 0.1) is 16.9 Å². The lowest BCUT2D eigenvalue weighted by Gasteiger charge is -2.20. The highest BCUT2D eigenvalue weighted by molar-refractivity contribution is 7.07. The van der Waals surface area contributed by atoms with Crippen LogP contribution in [0.3, 0.4) is 0 Å². The maximum atomic E-state index is 6.12. The molecule has 7 nitrogen and oxygen atoms in total. The Morgan fingerprint density at radius 3 is 2.73 bits per heavy atom. The number of nitrogens with one attached hydrogen (secondary N) is 2. The van der Waals surface area contributed by atoms with Gasteiger partial charge in [-0.05, 0) is 17.7 Å². The van der Waals surface area contributed by atoms with E-state index in [2.05, 4.69) is 37.8 Å². The van der Waals surface area contributed by atoms with Crippen LogP contribution in [-0.2, 0) is 24.8 Å². The highest BCUT2D eigenvalue weighted by Gasteiger charge is 2.12. The first kappa shape index (κ1) is 20.2. The van der Waals surface area contributed by atoms with Crippen LogP contribution in [0.4, 0.5) is 5.82 Å². The number of anilines is 1. The van der Waals surface area contributed by atoms with Crippen LogP contribution < -0.4 is 10.6 Å². The van der Waals surface area contributed by atoms with E-state index in [1.807, 2.05) is 59.0 Å². The zero-order chi connectivity index (χ0) is 20.6. The van der Waals surface area contributed by atoms with Gasteiger partial charge in [-0.25, -0.2) is 4.98 Å². The second-order valence-corrected chi connectivity index (χ2v) is 7.52. The van der Waals surface area contributed by atoms with Gasteiger partial charge in [0.15, 0.2) is 0 Å². The first-order valence-electron chi connectivity index (χ1n) is 9.72. The predicted molar refractivity (Wildman–Crippen MR) is 119 cm³/mol. The molecule has 0 aliphatic rings. The normalized spacial score (nSPS) is 12.0. The van der Waals surface area contributed by atoms with E-state index < -0.39 is 0 Å². The Balaban J connectivity index is 1.36. The van der Waals surface area contributed by atoms with E-state index in [0.29, 0.717) is 13.3 Å². The Labute approximate surface area is 179 Å². The predicted octanol–water partition coefficient (Wildman–Crippen LogP) is 3.68. The molecule has 0 aliphatic carbocycles. The van der Waals surface area contributed by atoms with Gasteiger partial charge in [-0.2, -0.15) is 5.10 Å². The molecule has 0 spiro atoms. The van der Waals surface area contributed by atoms with E-state index in [4.69, 9.17) is 4.74 Å². The SMILES string of the molecule is Cn1nc(-c2ccncc2)cc1NCO[C@H](Cc1ccccc1)NCc1cscn1. The second-order valence-electron chi connectivity index (χ2n) is 6.80. The molecule has 1 atom stereocenters. The fraction of sp³-hybridized carbons (Fsp3) is 0.227. The van der Waals surface area contributed by atoms with Gasteiger partial charge in [0.25, 0.3) is 0 Å². The molecule has 4 rings (SSSR count). The third-order valence-corrected chi connectivity index (χ3v) is 5.29. The maximum absolute atomic E-state index is 6.12. The van der Waals surface area contributed by atoms with E-state index in [-0.39, 0.29) is 6.23 Å². The van der Waals surface area contributed by atoms with Gasteiger partial charge in [-0.15, -0.1) is 11.3 Å². The van der Waals surface area contributed by atoms with Crippen LogP contribution in [-0.4, -0.2) is 32.7 Å². The standard InChI is InChI=1S/C22H24N6OS/c1-28-21(12-20(27-28)18-7-9-23-10-8-18)25-15-29-22(11-17-5-3-2-4-6-17)24-13-19-14-30-16-26-19/h2-10,12,14,16,22,24-25H,11,13,15H2,1H3/t22-/m1/s1. The summed E-state index contributed by atoms with van der Waals surface area (Å²) in [5, 5.41) is 13.4. The van der Waals surface area contributed by atoms with E-state index in [1.54, 1.807) is 23.7 Å². The summed E-state index contributed by atoms with van der Waals surface area (Å²) >= 11 is 1.59. The molecule has 0 amide bonds. The number of pyridine rings is 1. The van der Waals surface area contributed by atoms with Crippen molar-refractivity contribution in [2.75, 3.05) is 12.0 Å². The molecule has 154 valence electrons. The average molecular weight is 421 g/mol. The van der Waals surface area contributed by atoms with Gasteiger partial charge < -0.3 is 10.1 Å². The molecular weight excluding hydrogens is 396 g/mol. The van der Waals surface area contributed by atoms with Crippen LogP contribution in [0.15, 0.2) is 71.8 Å². The lowest BCUT2D eigenvalue weighted by atomic mass is 10.1. The van der Waals surface area contributed by atoms with Crippen molar-refractivity contribution in [2.45, 2.75) is 19.2 Å². The van der Waals surface area contributed by atoms with E-state index >= 15 is 0 Å². The minimum absolute atomic E-state index is 0.144. The molecular formula is C22H24N6OS. The molecule has 3 aromatic heterocycles. The average Bonchev–Trinajstić information content (AvgIpc) is 3.43. The smallest absolute Gasteiger partial charge is 0.126 e. The number of aromatic nitrogens is 4. The molecule has 0 aliphatic heterocycles. The number of ether oxygens (including phenoxy) is 1. The van der Waals surface area contributed by atoms with Crippen molar-refractivity contribution >= 4 is 17.2 Å². The number of aryl methyl sites for hydroxylation is 1. The van der Waals surface area contributed by atoms with Gasteiger partial charge in [-0.1, -0.05) is 30.3 Å². The summed E-state index contributed by atoms with van der Waals surface area (Å²) in [7, 11) is 1.91. The first-order chi connectivity index (χ1) is 14.8. The summed E-state index contributed by atoms with van der Waals surface area (Å²) in [5.74, 6) is 0.889. The van der Waals surface area contributed by atoms with Crippen LogP contribution >= 0.6 is 11.3 Å². The number of benzene rings is 1. The second kappa shape index (κ2) is 10.1. The van der Waals surface area contributed by atoms with Crippen molar-refractivity contribution in [1.82, 2.24) is 25.1 Å². The summed E-state index contributed by atoms with van der Waals surface area (Å²) in [6, 6.07) is 16.2. The highest BCUT2D eigenvalue weighted by atomic mass is 32.1. The molecule has 0 fully saturated rings. The largest absolute Gasteiger partial charge is 0.348 e. The molecule has 0 unspecified atom stereocenters. The number of thiazole rings is 1. The third-order valence-electron chi connectivity index (χ3n) is 4.65. The Hall–Kier alpha value is -3.07.